The van der Waals surface area contributed by atoms with Gasteiger partial charge >= 0.3 is 0 Å². The maximum Gasteiger partial charge on any atom is 0.0707 e. The number of rotatable bonds is 3. The summed E-state index contributed by atoms with van der Waals surface area (Å²) < 4.78 is 0. The first-order valence-electron chi connectivity index (χ1n) is 6.48. The van der Waals surface area contributed by atoms with Crippen LogP contribution in [0.2, 0.25) is 0 Å². The fraction of sp³-hybridized carbons (Fsp3) is 0.118. The summed E-state index contributed by atoms with van der Waals surface area (Å²) >= 11 is 6.56. The molecule has 0 saturated heterocycles. The number of carboxylic acids is 1. The molecular weight excluding hydrogens is 396 g/mol. The van der Waals surface area contributed by atoms with Crippen LogP contribution in [0.15, 0.2) is 54.6 Å². The Balaban J connectivity index is 2.13. The Hall–Kier alpha value is -1.39. The van der Waals surface area contributed by atoms with Crippen LogP contribution in [-0.2, 0) is 4.79 Å². The molecule has 2 atom stereocenters. The van der Waals surface area contributed by atoms with Crippen molar-refractivity contribution in [3.8, 4) is 0 Å². The number of carbonyl (C=O) groups is 1. The van der Waals surface area contributed by atoms with Gasteiger partial charge < -0.3 is 9.90 Å². The first kappa shape index (κ1) is 14.5. The lowest BCUT2D eigenvalue weighted by Gasteiger charge is -2.18. The van der Waals surface area contributed by atoms with Gasteiger partial charge in [-0.3, -0.25) is 0 Å². The van der Waals surface area contributed by atoms with Gasteiger partial charge in [0.25, 0.3) is 0 Å². The first-order valence-corrected chi connectivity index (χ1v) is 8.31. The van der Waals surface area contributed by atoms with E-state index in [1.165, 1.54) is 10.8 Å². The molecule has 0 aliphatic rings. The minimum absolute atomic E-state index is 0.335. The lowest BCUT2D eigenvalue weighted by molar-refractivity contribution is -0.304. The van der Waals surface area contributed by atoms with Gasteiger partial charge in [-0.15, -0.1) is 0 Å². The molecule has 0 bridgehead atoms. The van der Waals surface area contributed by atoms with Crippen molar-refractivity contribution in [2.75, 3.05) is 0 Å². The van der Waals surface area contributed by atoms with Crippen LogP contribution in [0.4, 0.5) is 0 Å². The Labute approximate surface area is 139 Å². The van der Waals surface area contributed by atoms with Crippen LogP contribution in [0.1, 0.15) is 10.4 Å². The first-order chi connectivity index (χ1) is 10.1. The fourth-order valence-electron chi connectivity index (χ4n) is 2.49. The van der Waals surface area contributed by atoms with Crippen molar-refractivity contribution in [1.82, 2.24) is 0 Å². The molecule has 0 aliphatic heterocycles. The molecule has 2 nitrogen and oxygen atoms in total. The Kier molecular flexibility index (Phi) is 4.00. The molecule has 0 saturated carbocycles. The quantitative estimate of drug-likeness (QED) is 0.488. The van der Waals surface area contributed by atoms with E-state index in [-0.39, 0.29) is 4.83 Å². The van der Waals surface area contributed by atoms with E-state index in [4.69, 9.17) is 0 Å². The van der Waals surface area contributed by atoms with Crippen LogP contribution in [0.5, 0.6) is 0 Å². The second-order valence-electron chi connectivity index (χ2n) is 4.89. The van der Waals surface area contributed by atoms with Crippen molar-refractivity contribution in [2.45, 2.75) is 9.65 Å². The maximum atomic E-state index is 11.0. The van der Waals surface area contributed by atoms with E-state index in [1.54, 1.807) is 0 Å². The Morgan fingerprint density at radius 2 is 1.57 bits per heavy atom. The fourth-order valence-corrected chi connectivity index (χ4v) is 3.30. The Bertz CT molecular complexity index is 829. The summed E-state index contributed by atoms with van der Waals surface area (Å²) in [6.45, 7) is 0. The second-order valence-corrected chi connectivity index (χ2v) is 6.86. The molecular formula is C17H11Br2O2-. The molecule has 21 heavy (non-hydrogen) atoms. The third kappa shape index (κ3) is 2.70. The van der Waals surface area contributed by atoms with Gasteiger partial charge in [-0.1, -0.05) is 80.4 Å². The molecule has 0 aromatic heterocycles. The smallest absolute Gasteiger partial charge is 0.0707 e. The monoisotopic (exact) mass is 405 g/mol. The van der Waals surface area contributed by atoms with Crippen LogP contribution in [0, 0.1) is 0 Å². The summed E-state index contributed by atoms with van der Waals surface area (Å²) in [5.41, 5.74) is 0.906. The molecule has 0 spiro atoms. The van der Waals surface area contributed by atoms with Crippen LogP contribution in [0.3, 0.4) is 0 Å². The molecule has 0 aliphatic carbocycles. The number of alkyl halides is 2. The lowest BCUT2D eigenvalue weighted by atomic mass is 9.99. The third-order valence-corrected chi connectivity index (χ3v) is 6.24. The SMILES string of the molecule is O=C([O-])C(Br)C(Br)c1ccc2c(ccc3ccccc32)c1. The van der Waals surface area contributed by atoms with Crippen molar-refractivity contribution in [2.24, 2.45) is 0 Å². The van der Waals surface area contributed by atoms with E-state index in [2.05, 4.69) is 56.1 Å². The number of fused-ring (bicyclic) bond motifs is 3. The number of hydrogen-bond acceptors (Lipinski definition) is 2. The van der Waals surface area contributed by atoms with Gasteiger partial charge in [0.15, 0.2) is 0 Å². The summed E-state index contributed by atoms with van der Waals surface area (Å²) in [6, 6.07) is 18.4. The Morgan fingerprint density at radius 1 is 0.905 bits per heavy atom. The normalized spacial score (nSPS) is 14.2. The van der Waals surface area contributed by atoms with E-state index in [9.17, 15) is 9.90 Å². The van der Waals surface area contributed by atoms with Gasteiger partial charge in [0.05, 0.1) is 15.6 Å². The van der Waals surface area contributed by atoms with Crippen LogP contribution in [0.25, 0.3) is 21.5 Å². The molecule has 0 radical (unpaired) electrons. The topological polar surface area (TPSA) is 40.1 Å². The predicted octanol–water partition coefficient (Wildman–Crippen LogP) is 3.94. The molecule has 0 N–H and O–H groups in total. The number of hydrogen-bond donors (Lipinski definition) is 0. The summed E-state index contributed by atoms with van der Waals surface area (Å²) in [5.74, 6) is -1.13. The van der Waals surface area contributed by atoms with Crippen LogP contribution >= 0.6 is 31.9 Å². The summed E-state index contributed by atoms with van der Waals surface area (Å²) in [5, 5.41) is 15.6. The zero-order chi connectivity index (χ0) is 15.0. The van der Waals surface area contributed by atoms with Gasteiger partial charge in [-0.2, -0.15) is 0 Å². The molecule has 2 unspecified atom stereocenters. The van der Waals surface area contributed by atoms with Gasteiger partial charge in [-0.25, -0.2) is 0 Å². The van der Waals surface area contributed by atoms with Gasteiger partial charge in [0, 0.05) is 0 Å². The zero-order valence-corrected chi connectivity index (χ0v) is 14.1. The zero-order valence-electron chi connectivity index (χ0n) is 10.9. The van der Waals surface area contributed by atoms with E-state index >= 15 is 0 Å². The van der Waals surface area contributed by atoms with Gasteiger partial charge in [0.2, 0.25) is 0 Å². The van der Waals surface area contributed by atoms with E-state index in [0.29, 0.717) is 0 Å². The van der Waals surface area contributed by atoms with Gasteiger partial charge in [0.1, 0.15) is 0 Å². The highest BCUT2D eigenvalue weighted by Gasteiger charge is 2.19. The third-order valence-electron chi connectivity index (χ3n) is 3.57. The lowest BCUT2D eigenvalue weighted by Crippen LogP contribution is -2.34. The molecule has 3 rings (SSSR count). The van der Waals surface area contributed by atoms with Crippen molar-refractivity contribution in [3.63, 3.8) is 0 Å². The average Bonchev–Trinajstić information content (AvgIpc) is 2.52. The Morgan fingerprint density at radius 3 is 2.33 bits per heavy atom. The highest BCUT2D eigenvalue weighted by Crippen LogP contribution is 2.34. The second kappa shape index (κ2) is 5.78. The number of halogens is 2. The minimum atomic E-state index is -1.13. The molecule has 0 heterocycles. The maximum absolute atomic E-state index is 11.0. The highest BCUT2D eigenvalue weighted by atomic mass is 79.9. The van der Waals surface area contributed by atoms with E-state index in [0.717, 1.165) is 16.3 Å². The molecule has 4 heteroatoms. The standard InChI is InChI=1S/C17H12Br2O2/c18-15(16(19)17(20)21)12-7-8-14-11(9-12)6-5-10-3-1-2-4-13(10)14/h1-9,15-16H,(H,20,21)/p-1. The number of aliphatic carboxylic acids is 1. The highest BCUT2D eigenvalue weighted by molar-refractivity contribution is 9.12. The van der Waals surface area contributed by atoms with E-state index in [1.807, 2.05) is 30.3 Å². The predicted molar refractivity (Wildman–Crippen MR) is 90.8 cm³/mol. The number of benzene rings is 3. The molecule has 0 fully saturated rings. The number of carboxylic acid groups (broad SMARTS) is 1. The molecule has 3 aromatic rings. The van der Waals surface area contributed by atoms with Crippen molar-refractivity contribution in [1.29, 1.82) is 0 Å². The van der Waals surface area contributed by atoms with Crippen molar-refractivity contribution >= 4 is 59.4 Å². The van der Waals surface area contributed by atoms with Gasteiger partial charge in [-0.05, 0) is 33.2 Å². The molecule has 0 amide bonds. The summed E-state index contributed by atoms with van der Waals surface area (Å²) in [4.78, 5) is 9.86. The average molecular weight is 407 g/mol. The molecule has 3 aromatic carbocycles. The van der Waals surface area contributed by atoms with Crippen LogP contribution in [-0.4, -0.2) is 10.8 Å². The van der Waals surface area contributed by atoms with Crippen molar-refractivity contribution in [3.05, 3.63) is 60.2 Å². The number of carbonyl (C=O) groups excluding carboxylic acids is 1. The molecule has 106 valence electrons. The largest absolute Gasteiger partial charge is 0.549 e. The summed E-state index contributed by atoms with van der Waals surface area (Å²) in [6.07, 6.45) is 0. The van der Waals surface area contributed by atoms with E-state index < -0.39 is 10.8 Å². The van der Waals surface area contributed by atoms with Crippen molar-refractivity contribution < 1.29 is 9.90 Å². The minimum Gasteiger partial charge on any atom is -0.549 e. The van der Waals surface area contributed by atoms with Crippen LogP contribution < -0.4 is 5.11 Å². The summed E-state index contributed by atoms with van der Waals surface area (Å²) in [7, 11) is 0.